The van der Waals surface area contributed by atoms with E-state index in [2.05, 4.69) is 146 Å². The normalized spacial score (nSPS) is 13.5. The molecule has 2 aromatic carbocycles. The zero-order valence-electron chi connectivity index (χ0n) is 53.5. The van der Waals surface area contributed by atoms with Crippen molar-refractivity contribution < 1.29 is 74.5 Å². The third-order valence-electron chi connectivity index (χ3n) is 14.2. The minimum Gasteiger partial charge on any atom is -0.699 e. The van der Waals surface area contributed by atoms with Gasteiger partial charge in [-0.05, 0) is 129 Å². The summed E-state index contributed by atoms with van der Waals surface area (Å²) in [5, 5.41) is 6.23. The molecule has 3 aliphatic heterocycles. The van der Waals surface area contributed by atoms with Gasteiger partial charge in [0.25, 0.3) is 0 Å². The molecule has 0 atom stereocenters. The maximum atomic E-state index is 12.5. The van der Waals surface area contributed by atoms with E-state index >= 15 is 0 Å². The first-order valence-electron chi connectivity index (χ1n) is 29.9. The Balaban J connectivity index is 0.000000298. The fourth-order valence-electron chi connectivity index (χ4n) is 8.28. The molecule has 0 aliphatic carbocycles. The van der Waals surface area contributed by atoms with Crippen molar-refractivity contribution in [1.29, 1.82) is 0 Å². The summed E-state index contributed by atoms with van der Waals surface area (Å²) in [7, 11) is 0. The van der Waals surface area contributed by atoms with Crippen LogP contribution in [0.5, 0.6) is 11.5 Å². The van der Waals surface area contributed by atoms with Gasteiger partial charge in [-0.3, -0.25) is 24.8 Å². The number of hydrogen-bond donors (Lipinski definition) is 2. The molecule has 87 heavy (non-hydrogen) atoms. The predicted molar refractivity (Wildman–Crippen MR) is 362 cm³/mol. The number of pyridine rings is 4. The van der Waals surface area contributed by atoms with Crippen molar-refractivity contribution in [3.8, 4) is 32.6 Å². The maximum absolute atomic E-state index is 12.5. The van der Waals surface area contributed by atoms with Gasteiger partial charge in [0, 0.05) is 135 Å². The molecule has 9 heterocycles. The number of allylic oxidation sites excluding steroid dienone is 1. The summed E-state index contributed by atoms with van der Waals surface area (Å²) >= 11 is 3.44. The van der Waals surface area contributed by atoms with Gasteiger partial charge in [-0.25, -0.2) is 4.39 Å². The first-order chi connectivity index (χ1) is 40.7. The van der Waals surface area contributed by atoms with Crippen LogP contribution in [0.2, 0.25) is 0 Å². The summed E-state index contributed by atoms with van der Waals surface area (Å²) in [5.41, 5.74) is 40.4. The zero-order valence-corrected chi connectivity index (χ0v) is 60.8. The van der Waals surface area contributed by atoms with E-state index in [0.717, 1.165) is 120 Å². The molecule has 6 N–H and O–H groups in total. The summed E-state index contributed by atoms with van der Waals surface area (Å²) in [4.78, 5) is 25.1. The van der Waals surface area contributed by atoms with Gasteiger partial charge in [0.05, 0.1) is 47.6 Å². The second kappa shape index (κ2) is 39.5. The molecule has 13 nitrogen and oxygen atoms in total. The van der Waals surface area contributed by atoms with Gasteiger partial charge in [-0.1, -0.05) is 137 Å². The van der Waals surface area contributed by atoms with Crippen LogP contribution in [0.15, 0.2) is 135 Å². The van der Waals surface area contributed by atoms with Gasteiger partial charge in [-0.2, -0.15) is 0 Å². The Morgan fingerprint density at radius 3 is 1.70 bits per heavy atom. The maximum Gasteiger partial charge on any atom is 0.148 e. The average molecular weight is 1370 g/mol. The number of ether oxygens (including phenoxy) is 1. The molecule has 3 fully saturated rings. The van der Waals surface area contributed by atoms with Crippen molar-refractivity contribution in [3.63, 3.8) is 0 Å². The monoisotopic (exact) mass is 1370 g/mol. The molecule has 2 radical (unpaired) electrons. The number of thiophene rings is 2. The Morgan fingerprint density at radius 1 is 0.713 bits per heavy atom. The molecule has 8 aromatic rings. The van der Waals surface area contributed by atoms with Crippen molar-refractivity contribution in [1.82, 2.24) is 40.4 Å². The molecule has 464 valence electrons. The van der Waals surface area contributed by atoms with Crippen LogP contribution < -0.4 is 15.4 Å². The summed E-state index contributed by atoms with van der Waals surface area (Å²) in [6.45, 7) is 37.4. The second-order valence-electron chi connectivity index (χ2n) is 22.9. The van der Waals surface area contributed by atoms with Crippen LogP contribution >= 0.6 is 22.7 Å². The van der Waals surface area contributed by atoms with E-state index < -0.39 is 0 Å². The summed E-state index contributed by atoms with van der Waals surface area (Å²) in [6, 6.07) is 27.4. The van der Waals surface area contributed by atoms with E-state index in [9.17, 15) is 4.39 Å². The van der Waals surface area contributed by atoms with Crippen molar-refractivity contribution in [2.75, 3.05) is 39.3 Å². The Morgan fingerprint density at radius 2 is 1.26 bits per heavy atom. The van der Waals surface area contributed by atoms with Gasteiger partial charge >= 0.3 is 0 Å². The van der Waals surface area contributed by atoms with E-state index in [4.69, 9.17) is 32.7 Å². The van der Waals surface area contributed by atoms with Gasteiger partial charge in [0.15, 0.2) is 0 Å². The second-order valence-corrected chi connectivity index (χ2v) is 25.0. The van der Waals surface area contributed by atoms with Crippen LogP contribution in [0.1, 0.15) is 122 Å². The SMILES string of the molecule is C=C(C)N1CC([NH-])C1.C=CNC1CN(Cc2ccc(-c3cc4nccc(CCC)c4s3)nc2)C1.CCC(C)(C)C.CCCCC.CCc1ccc(-c2cc3nccc(Oc4ccc([NH-])cc4C)c3s2)nc1.Cc1ccc([NH-])cc1F.[NH-]C1CNC1.[Y].[Y]. The van der Waals surface area contributed by atoms with Crippen molar-refractivity contribution >= 4 is 54.5 Å². The quantitative estimate of drug-likeness (QED) is 0.107. The smallest absolute Gasteiger partial charge is 0.148 e. The van der Waals surface area contributed by atoms with Crippen LogP contribution in [0.3, 0.4) is 0 Å². The zero-order chi connectivity index (χ0) is 62.1. The molecule has 0 amide bonds. The van der Waals surface area contributed by atoms with Crippen molar-refractivity contribution in [3.05, 3.63) is 191 Å². The fourth-order valence-corrected chi connectivity index (χ4v) is 10.5. The Bertz CT molecular complexity index is 3280. The summed E-state index contributed by atoms with van der Waals surface area (Å²) in [6.07, 6.45) is 18.0. The van der Waals surface area contributed by atoms with Crippen LogP contribution in [0, 0.1) is 25.1 Å². The molecule has 0 bridgehead atoms. The fraction of sp³-hybridized carbons (Fsp3) is 0.420. The van der Waals surface area contributed by atoms with E-state index in [0.29, 0.717) is 22.7 Å². The molecule has 0 saturated carbocycles. The number of unbranched alkanes of at least 4 members (excludes halogenated alkanes) is 2. The minimum atomic E-state index is -0.303. The average Bonchev–Trinajstić information content (AvgIpc) is 2.95. The molecule has 3 saturated heterocycles. The number of benzene rings is 2. The Labute approximate surface area is 578 Å². The number of hydrogen-bond acceptors (Lipinski definition) is 11. The predicted octanol–water partition coefficient (Wildman–Crippen LogP) is 19.7. The molecule has 3 aliphatic rings. The van der Waals surface area contributed by atoms with Crippen molar-refractivity contribution in [2.24, 2.45) is 5.41 Å². The number of likely N-dealkylation sites (tertiary alicyclic amines) is 2. The number of halogens is 1. The van der Waals surface area contributed by atoms with E-state index in [-0.39, 0.29) is 89.0 Å². The summed E-state index contributed by atoms with van der Waals surface area (Å²) < 4.78 is 20.9. The van der Waals surface area contributed by atoms with E-state index in [1.165, 1.54) is 58.0 Å². The van der Waals surface area contributed by atoms with Crippen LogP contribution in [0.4, 0.5) is 15.8 Å². The van der Waals surface area contributed by atoms with Crippen LogP contribution in [-0.2, 0) is 84.8 Å². The molecule has 0 unspecified atom stereocenters. The van der Waals surface area contributed by atoms with E-state index in [1.54, 1.807) is 66.3 Å². The molecular weight excluding hydrogens is 1270 g/mol. The third-order valence-corrected chi connectivity index (χ3v) is 16.6. The molecular formula is C69H93FN12OS2Y2-4. The Hall–Kier alpha value is -4.58. The first-order valence-corrected chi connectivity index (χ1v) is 31.6. The number of nitrogens with one attached hydrogen (secondary N) is 6. The van der Waals surface area contributed by atoms with Gasteiger partial charge in [0.1, 0.15) is 17.3 Å². The molecule has 11 rings (SSSR count). The molecule has 0 spiro atoms. The van der Waals surface area contributed by atoms with Gasteiger partial charge in [0.2, 0.25) is 0 Å². The molecule has 18 heteroatoms. The third kappa shape index (κ3) is 26.0. The van der Waals surface area contributed by atoms with E-state index in [1.807, 2.05) is 44.6 Å². The number of nitrogens with zero attached hydrogens (tertiary/aromatic N) is 6. The van der Waals surface area contributed by atoms with Crippen LogP contribution in [0.25, 0.3) is 64.5 Å². The van der Waals surface area contributed by atoms with Crippen molar-refractivity contribution in [2.45, 2.75) is 146 Å². The van der Waals surface area contributed by atoms with Crippen LogP contribution in [-0.4, -0.2) is 87.1 Å². The topological polar surface area (TPSA) is 187 Å². The number of fused-ring (bicyclic) bond motifs is 2. The van der Waals surface area contributed by atoms with Gasteiger partial charge < -0.3 is 43.2 Å². The Kier molecular flexibility index (Phi) is 34.8. The summed E-state index contributed by atoms with van der Waals surface area (Å²) in [5.74, 6) is 1.23. The largest absolute Gasteiger partial charge is 0.699 e. The van der Waals surface area contributed by atoms with Gasteiger partial charge in [-0.15, -0.1) is 46.1 Å². The number of rotatable bonds is 14. The minimum absolute atomic E-state index is 0. The molecule has 6 aromatic heterocycles. The standard InChI is InChI=1S/C21H24N4S.C21H18N3OS.C7H7FN.C6H11N2.C6H14.C5H12.C3H7N2.2Y/c1-3-5-16-8-9-23-19-10-20(26-21(16)19)18-7-6-15(11-24-18)12-25-13-17(14-25)22-4-2;1-3-14-4-6-16(24-12-14)20-11-17-21(26-20)19(8-9-23-17)25-18-7-5-15(22)10-13(18)2;1-5-2-3-6(9)4-7(5)8;1-5(2)8-3-6(7)4-8;1-5-6(2,3)4;1-3-5-4-2;4-3-1-5-2-3;;/h4,6-11,17,22H,2-3,5,12-14H2,1H3;4-12,22H,3H2,1-2H3;2-4,9H,1H3;6-7H,1,3-4H2,2H3;5H2,1-4H3;3-5H2,1-2H3;3-5H,1-2H2;;/q;3*-1;;;-1;;. The first kappa shape index (κ1) is 76.7. The number of aromatic nitrogens is 4. The number of aryl methyl sites for hydroxylation is 4.